The summed E-state index contributed by atoms with van der Waals surface area (Å²) >= 11 is 6.44. The monoisotopic (exact) mass is 571 g/mol. The predicted octanol–water partition coefficient (Wildman–Crippen LogP) is 5.87. The molecule has 3 fully saturated rings. The van der Waals surface area contributed by atoms with Gasteiger partial charge in [-0.3, -0.25) is 4.90 Å². The molecule has 3 aliphatic heterocycles. The third kappa shape index (κ3) is 6.62. The maximum Gasteiger partial charge on any atom is 0.434 e. The Balaban J connectivity index is 1.39. The van der Waals surface area contributed by atoms with Gasteiger partial charge in [0.25, 0.3) is 6.10 Å². The summed E-state index contributed by atoms with van der Waals surface area (Å²) in [4.78, 5) is 17.7. The van der Waals surface area contributed by atoms with Crippen molar-refractivity contribution in [3.8, 4) is 0 Å². The molecule has 0 atom stereocenters. The second kappa shape index (κ2) is 10.6. The number of amides is 1. The van der Waals surface area contributed by atoms with Crippen LogP contribution in [-0.4, -0.2) is 85.8 Å². The maximum absolute atomic E-state index is 12.8. The molecule has 0 bridgehead atoms. The van der Waals surface area contributed by atoms with Crippen molar-refractivity contribution < 1.29 is 40.6 Å². The number of nitrogens with zero attached hydrogens (tertiary/aromatic N) is 3. The van der Waals surface area contributed by atoms with E-state index in [9.17, 15) is 31.1 Å². The van der Waals surface area contributed by atoms with E-state index in [-0.39, 0.29) is 24.0 Å². The molecule has 0 radical (unpaired) electrons. The van der Waals surface area contributed by atoms with E-state index in [0.29, 0.717) is 44.2 Å². The Morgan fingerprint density at radius 2 is 1.63 bits per heavy atom. The molecular formula is C25H32ClF6N3O3. The Morgan fingerprint density at radius 3 is 2.21 bits per heavy atom. The molecule has 0 saturated carbocycles. The van der Waals surface area contributed by atoms with Crippen molar-refractivity contribution in [1.82, 2.24) is 9.80 Å². The van der Waals surface area contributed by atoms with Gasteiger partial charge in [-0.1, -0.05) is 11.6 Å². The Labute approximate surface area is 222 Å². The van der Waals surface area contributed by atoms with Crippen LogP contribution in [0.3, 0.4) is 0 Å². The van der Waals surface area contributed by atoms with Crippen LogP contribution in [0.5, 0.6) is 0 Å². The van der Waals surface area contributed by atoms with Crippen LogP contribution < -0.4 is 4.90 Å². The summed E-state index contributed by atoms with van der Waals surface area (Å²) in [5, 5.41) is 0.638. The van der Waals surface area contributed by atoms with E-state index in [4.69, 9.17) is 16.3 Å². The van der Waals surface area contributed by atoms with Crippen molar-refractivity contribution in [2.45, 2.75) is 63.7 Å². The zero-order valence-electron chi connectivity index (χ0n) is 21.3. The largest absolute Gasteiger partial charge is 0.434 e. The Morgan fingerprint density at radius 1 is 1.03 bits per heavy atom. The molecule has 1 spiro atoms. The zero-order valence-corrected chi connectivity index (χ0v) is 22.1. The molecule has 13 heteroatoms. The van der Waals surface area contributed by atoms with E-state index < -0.39 is 24.5 Å². The second-order valence-electron chi connectivity index (χ2n) is 11.1. The lowest BCUT2D eigenvalue weighted by molar-refractivity contribution is -0.308. The lowest BCUT2D eigenvalue weighted by atomic mass is 9.74. The topological polar surface area (TPSA) is 45.2 Å². The Kier molecular flexibility index (Phi) is 8.09. The van der Waals surface area contributed by atoms with Crippen LogP contribution in [0.15, 0.2) is 18.2 Å². The molecule has 214 valence electrons. The molecule has 0 aromatic heterocycles. The summed E-state index contributed by atoms with van der Waals surface area (Å²) in [7, 11) is 0. The van der Waals surface area contributed by atoms with Crippen molar-refractivity contribution in [1.29, 1.82) is 0 Å². The molecule has 6 nitrogen and oxygen atoms in total. The number of likely N-dealkylation sites (tertiary alicyclic amines) is 2. The molecule has 0 aliphatic carbocycles. The van der Waals surface area contributed by atoms with Gasteiger partial charge in [0.05, 0.1) is 13.2 Å². The zero-order chi connectivity index (χ0) is 27.9. The number of carbonyl (C=O) groups is 1. The molecule has 0 unspecified atom stereocenters. The summed E-state index contributed by atoms with van der Waals surface area (Å²) in [5.74, 6) is 0. The number of rotatable bonds is 4. The van der Waals surface area contributed by atoms with Gasteiger partial charge in [0.1, 0.15) is 0 Å². The van der Waals surface area contributed by atoms with Crippen molar-refractivity contribution >= 4 is 23.4 Å². The fourth-order valence-corrected chi connectivity index (χ4v) is 6.17. The third-order valence-corrected chi connectivity index (χ3v) is 8.00. The van der Waals surface area contributed by atoms with Crippen LogP contribution in [-0.2, 0) is 16.0 Å². The minimum absolute atomic E-state index is 0.0313. The van der Waals surface area contributed by atoms with E-state index in [1.54, 1.807) is 0 Å². The first-order valence-electron chi connectivity index (χ1n) is 12.5. The van der Waals surface area contributed by atoms with Crippen molar-refractivity contribution in [3.63, 3.8) is 0 Å². The van der Waals surface area contributed by atoms with Crippen LogP contribution >= 0.6 is 11.6 Å². The molecule has 3 aliphatic rings. The van der Waals surface area contributed by atoms with Crippen molar-refractivity contribution in [2.75, 3.05) is 50.8 Å². The smallest absolute Gasteiger partial charge is 0.426 e. The fraction of sp³-hybridized carbons (Fsp3) is 0.720. The van der Waals surface area contributed by atoms with Gasteiger partial charge < -0.3 is 19.3 Å². The molecule has 0 N–H and O–H groups in total. The summed E-state index contributed by atoms with van der Waals surface area (Å²) in [6.45, 7) is 8.50. The quantitative estimate of drug-likeness (QED) is 0.423. The number of hydrogen-bond acceptors (Lipinski definition) is 5. The number of anilines is 1. The standard InChI is InChI=1S/C25H32ClF6N3O3/c1-22(2)15-23(3-5-34(6-4-23)21(36)38-20(24(27,28)29)25(30,31)32)16-35(22)14-17-11-18(26)13-19(12-17)33-7-9-37-10-8-33/h11-13,20H,3-10,14-16H2,1-2H3. The number of alkyl halides is 6. The first kappa shape index (κ1) is 29.1. The number of carbonyl (C=O) groups excluding carboxylic acids is 1. The van der Waals surface area contributed by atoms with Crippen LogP contribution in [0.1, 0.15) is 38.7 Å². The summed E-state index contributed by atoms with van der Waals surface area (Å²) in [5.41, 5.74) is 1.67. The highest BCUT2D eigenvalue weighted by Crippen LogP contribution is 2.49. The lowest BCUT2D eigenvalue weighted by Crippen LogP contribution is -2.50. The highest BCUT2D eigenvalue weighted by molar-refractivity contribution is 6.30. The van der Waals surface area contributed by atoms with Crippen molar-refractivity contribution in [3.05, 3.63) is 28.8 Å². The molecule has 3 heterocycles. The van der Waals surface area contributed by atoms with Gasteiger partial charge in [0.15, 0.2) is 0 Å². The molecule has 1 aromatic rings. The number of piperidine rings is 1. The Bertz CT molecular complexity index is 991. The highest BCUT2D eigenvalue weighted by Gasteiger charge is 2.60. The van der Waals surface area contributed by atoms with Crippen LogP contribution in [0, 0.1) is 5.41 Å². The number of ether oxygens (including phenoxy) is 2. The summed E-state index contributed by atoms with van der Waals surface area (Å²) in [6, 6.07) is 5.99. The average molecular weight is 572 g/mol. The number of halogens is 7. The average Bonchev–Trinajstić information content (AvgIpc) is 3.05. The van der Waals surface area contributed by atoms with Gasteiger partial charge in [-0.25, -0.2) is 4.79 Å². The van der Waals surface area contributed by atoms with Gasteiger partial charge in [0, 0.05) is 55.5 Å². The molecular weight excluding hydrogens is 540 g/mol. The van der Waals surface area contributed by atoms with E-state index in [0.717, 1.165) is 35.7 Å². The first-order chi connectivity index (χ1) is 17.6. The van der Waals surface area contributed by atoms with Gasteiger partial charge in [0.2, 0.25) is 0 Å². The SMILES string of the molecule is CC1(C)CC2(CCN(C(=O)OC(C(F)(F)F)C(F)(F)F)CC2)CN1Cc1cc(Cl)cc(N2CCOCC2)c1. The van der Waals surface area contributed by atoms with Gasteiger partial charge in [-0.2, -0.15) is 26.3 Å². The maximum atomic E-state index is 12.8. The molecule has 1 aromatic carbocycles. The van der Waals surface area contributed by atoms with E-state index in [1.807, 2.05) is 12.1 Å². The minimum atomic E-state index is -5.73. The number of benzene rings is 1. The van der Waals surface area contributed by atoms with E-state index >= 15 is 0 Å². The van der Waals surface area contributed by atoms with Gasteiger partial charge >= 0.3 is 18.4 Å². The number of hydrogen-bond donors (Lipinski definition) is 0. The minimum Gasteiger partial charge on any atom is -0.426 e. The summed E-state index contributed by atoms with van der Waals surface area (Å²) < 4.78 is 86.2. The summed E-state index contributed by atoms with van der Waals surface area (Å²) in [6.07, 6.45) is -15.5. The highest BCUT2D eigenvalue weighted by atomic mass is 35.5. The van der Waals surface area contributed by atoms with Crippen LogP contribution in [0.4, 0.5) is 36.8 Å². The van der Waals surface area contributed by atoms with Gasteiger partial charge in [-0.15, -0.1) is 0 Å². The lowest BCUT2D eigenvalue weighted by Gasteiger charge is -2.39. The predicted molar refractivity (Wildman–Crippen MR) is 129 cm³/mol. The fourth-order valence-electron chi connectivity index (χ4n) is 5.92. The van der Waals surface area contributed by atoms with Crippen LogP contribution in [0.25, 0.3) is 0 Å². The van der Waals surface area contributed by atoms with Gasteiger partial charge in [-0.05, 0) is 62.3 Å². The second-order valence-corrected chi connectivity index (χ2v) is 11.5. The molecule has 1 amide bonds. The normalized spacial score (nSPS) is 22.4. The van der Waals surface area contributed by atoms with Crippen molar-refractivity contribution in [2.24, 2.45) is 5.41 Å². The molecule has 38 heavy (non-hydrogen) atoms. The first-order valence-corrected chi connectivity index (χ1v) is 12.9. The van der Waals surface area contributed by atoms with E-state index in [2.05, 4.69) is 34.5 Å². The van der Waals surface area contributed by atoms with Crippen LogP contribution in [0.2, 0.25) is 5.02 Å². The Hall–Kier alpha value is -1.92. The molecule has 3 saturated heterocycles. The van der Waals surface area contributed by atoms with E-state index in [1.165, 1.54) is 0 Å². The third-order valence-electron chi connectivity index (χ3n) is 7.78. The number of morpholine rings is 1. The molecule has 4 rings (SSSR count).